The quantitative estimate of drug-likeness (QED) is 0.324. The molecule has 0 heterocycles. The van der Waals surface area contributed by atoms with Crippen LogP contribution in [0.3, 0.4) is 0 Å². The summed E-state index contributed by atoms with van der Waals surface area (Å²) in [7, 11) is -4.08. The van der Waals surface area contributed by atoms with Gasteiger partial charge in [0.2, 0.25) is 11.8 Å². The van der Waals surface area contributed by atoms with E-state index in [1.54, 1.807) is 49.4 Å². The van der Waals surface area contributed by atoms with Crippen LogP contribution in [-0.4, -0.2) is 43.8 Å². The Morgan fingerprint density at radius 3 is 2.24 bits per heavy atom. The Kier molecular flexibility index (Phi) is 10.1. The fourth-order valence-electron chi connectivity index (χ4n) is 3.90. The van der Waals surface area contributed by atoms with Gasteiger partial charge in [-0.2, -0.15) is 0 Å². The number of amides is 2. The highest BCUT2D eigenvalue weighted by atomic mass is 79.9. The minimum Gasteiger partial charge on any atom is -0.352 e. The average Bonchev–Trinajstić information content (AvgIpc) is 2.91. The maximum Gasteiger partial charge on any atom is 0.264 e. The largest absolute Gasteiger partial charge is 0.352 e. The summed E-state index contributed by atoms with van der Waals surface area (Å²) in [6.45, 7) is 7.17. The number of rotatable bonds is 11. The summed E-state index contributed by atoms with van der Waals surface area (Å²) in [6, 6.07) is 21.5. The monoisotopic (exact) mass is 599 g/mol. The molecule has 7 nitrogen and oxygen atoms in total. The fourth-order valence-corrected chi connectivity index (χ4v) is 5.71. The molecule has 1 N–H and O–H groups in total. The number of nitrogens with one attached hydrogen (secondary N) is 1. The molecule has 3 aromatic rings. The van der Waals surface area contributed by atoms with Crippen LogP contribution in [0.4, 0.5) is 5.69 Å². The predicted molar refractivity (Wildman–Crippen MR) is 154 cm³/mol. The lowest BCUT2D eigenvalue weighted by Gasteiger charge is -2.32. The van der Waals surface area contributed by atoms with Gasteiger partial charge in [-0.3, -0.25) is 13.9 Å². The number of carbonyl (C=O) groups excluding carboxylic acids is 2. The number of aryl methyl sites for hydroxylation is 1. The molecule has 3 rings (SSSR count). The summed E-state index contributed by atoms with van der Waals surface area (Å²) in [5, 5.41) is 2.94. The maximum absolute atomic E-state index is 13.9. The van der Waals surface area contributed by atoms with Crippen molar-refractivity contribution in [2.24, 2.45) is 0 Å². The molecule has 0 unspecified atom stereocenters. The third kappa shape index (κ3) is 7.23. The molecule has 9 heteroatoms. The molecule has 38 heavy (non-hydrogen) atoms. The Labute approximate surface area is 234 Å². The Bertz CT molecular complexity index is 1370. The van der Waals surface area contributed by atoms with E-state index in [0.29, 0.717) is 10.2 Å². The molecule has 0 aliphatic carbocycles. The number of hydrogen-bond donors (Lipinski definition) is 1. The fraction of sp³-hybridized carbons (Fsp3) is 0.310. The number of nitrogens with zero attached hydrogens (tertiary/aromatic N) is 2. The van der Waals surface area contributed by atoms with E-state index in [4.69, 9.17) is 0 Å². The number of benzene rings is 3. The topological polar surface area (TPSA) is 86.8 Å². The summed E-state index contributed by atoms with van der Waals surface area (Å²) in [5.41, 5.74) is 2.19. The van der Waals surface area contributed by atoms with Crippen molar-refractivity contribution in [3.8, 4) is 0 Å². The Morgan fingerprint density at radius 1 is 0.947 bits per heavy atom. The first-order valence-electron chi connectivity index (χ1n) is 12.5. The normalized spacial score (nSPS) is 12.9. The van der Waals surface area contributed by atoms with Crippen LogP contribution in [0.25, 0.3) is 0 Å². The molecule has 0 saturated heterocycles. The highest BCUT2D eigenvalue weighted by molar-refractivity contribution is 9.10. The van der Waals surface area contributed by atoms with Crippen molar-refractivity contribution in [1.82, 2.24) is 10.2 Å². The summed E-state index contributed by atoms with van der Waals surface area (Å²) in [4.78, 5) is 28.6. The van der Waals surface area contributed by atoms with Gasteiger partial charge in [0, 0.05) is 17.1 Å². The Hall–Kier alpha value is -3.17. The van der Waals surface area contributed by atoms with E-state index in [0.717, 1.165) is 21.9 Å². The standard InChI is InChI=1S/C29H34BrN3O4S/c1-5-22(3)31-29(35)23(4)32(19-24-13-10-9-12-21(24)2)28(34)20-33(26-15-11-14-25(30)18-26)38(36,37)27-16-7-6-8-17-27/h6-18,22-23H,5,19-20H2,1-4H3,(H,31,35)/t22-,23-/m0/s1. The molecule has 0 radical (unpaired) electrons. The molecule has 2 amide bonds. The van der Waals surface area contributed by atoms with Crippen LogP contribution in [0.1, 0.15) is 38.3 Å². The summed E-state index contributed by atoms with van der Waals surface area (Å²) >= 11 is 3.40. The summed E-state index contributed by atoms with van der Waals surface area (Å²) in [6.07, 6.45) is 0.746. The van der Waals surface area contributed by atoms with Gasteiger partial charge >= 0.3 is 0 Å². The van der Waals surface area contributed by atoms with Crippen LogP contribution in [0.2, 0.25) is 0 Å². The van der Waals surface area contributed by atoms with E-state index < -0.39 is 28.5 Å². The number of halogens is 1. The number of sulfonamides is 1. The average molecular weight is 601 g/mol. The molecule has 0 bridgehead atoms. The molecule has 202 valence electrons. The zero-order valence-corrected chi connectivity index (χ0v) is 24.5. The lowest BCUT2D eigenvalue weighted by atomic mass is 10.1. The summed E-state index contributed by atoms with van der Waals surface area (Å²) in [5.74, 6) is -0.777. The lowest BCUT2D eigenvalue weighted by molar-refractivity contribution is -0.139. The van der Waals surface area contributed by atoms with Crippen molar-refractivity contribution in [1.29, 1.82) is 0 Å². The smallest absolute Gasteiger partial charge is 0.264 e. The molecule has 0 aliphatic rings. The zero-order chi connectivity index (χ0) is 27.9. The molecule has 0 aliphatic heterocycles. The van der Waals surface area contributed by atoms with Crippen molar-refractivity contribution in [2.75, 3.05) is 10.8 Å². The Balaban J connectivity index is 2.03. The first kappa shape index (κ1) is 29.4. The van der Waals surface area contributed by atoms with Gasteiger partial charge in [-0.15, -0.1) is 0 Å². The van der Waals surface area contributed by atoms with E-state index in [-0.39, 0.29) is 23.4 Å². The van der Waals surface area contributed by atoms with Gasteiger partial charge in [-0.05, 0) is 68.7 Å². The van der Waals surface area contributed by atoms with Crippen molar-refractivity contribution < 1.29 is 18.0 Å². The van der Waals surface area contributed by atoms with Crippen molar-refractivity contribution in [2.45, 2.75) is 57.6 Å². The second kappa shape index (κ2) is 13.1. The second-order valence-electron chi connectivity index (χ2n) is 9.25. The first-order valence-corrected chi connectivity index (χ1v) is 14.8. The van der Waals surface area contributed by atoms with Crippen LogP contribution in [0.15, 0.2) is 88.2 Å². The number of hydrogen-bond acceptors (Lipinski definition) is 4. The van der Waals surface area contributed by atoms with Gasteiger partial charge in [0.15, 0.2) is 0 Å². The van der Waals surface area contributed by atoms with Crippen LogP contribution < -0.4 is 9.62 Å². The van der Waals surface area contributed by atoms with Gasteiger partial charge in [0.1, 0.15) is 12.6 Å². The Morgan fingerprint density at radius 2 is 1.61 bits per heavy atom. The number of anilines is 1. The summed E-state index contributed by atoms with van der Waals surface area (Å²) < 4.78 is 29.3. The predicted octanol–water partition coefficient (Wildman–Crippen LogP) is 5.28. The van der Waals surface area contributed by atoms with Crippen molar-refractivity contribution >= 4 is 43.5 Å². The molecular formula is C29H34BrN3O4S. The minimum atomic E-state index is -4.08. The lowest BCUT2D eigenvalue weighted by Crippen LogP contribution is -2.52. The van der Waals surface area contributed by atoms with Gasteiger partial charge < -0.3 is 10.2 Å². The van der Waals surface area contributed by atoms with Crippen LogP contribution in [0, 0.1) is 6.92 Å². The minimum absolute atomic E-state index is 0.0583. The van der Waals surface area contributed by atoms with Crippen molar-refractivity contribution in [3.05, 3.63) is 94.5 Å². The maximum atomic E-state index is 13.9. The molecule has 0 spiro atoms. The molecule has 2 atom stereocenters. The van der Waals surface area contributed by atoms with E-state index in [1.165, 1.54) is 17.0 Å². The third-order valence-corrected chi connectivity index (χ3v) is 8.76. The van der Waals surface area contributed by atoms with E-state index in [2.05, 4.69) is 21.2 Å². The molecular weight excluding hydrogens is 566 g/mol. The molecule has 3 aromatic carbocycles. The van der Waals surface area contributed by atoms with Gasteiger partial charge in [0.25, 0.3) is 10.0 Å². The van der Waals surface area contributed by atoms with E-state index in [9.17, 15) is 18.0 Å². The van der Waals surface area contributed by atoms with E-state index >= 15 is 0 Å². The van der Waals surface area contributed by atoms with Crippen LogP contribution >= 0.6 is 15.9 Å². The second-order valence-corrected chi connectivity index (χ2v) is 12.0. The molecule has 0 aromatic heterocycles. The highest BCUT2D eigenvalue weighted by Crippen LogP contribution is 2.27. The van der Waals surface area contributed by atoms with Crippen LogP contribution in [-0.2, 0) is 26.2 Å². The number of carbonyl (C=O) groups is 2. The van der Waals surface area contributed by atoms with Crippen LogP contribution in [0.5, 0.6) is 0 Å². The van der Waals surface area contributed by atoms with Gasteiger partial charge in [0.05, 0.1) is 10.6 Å². The first-order chi connectivity index (χ1) is 18.0. The zero-order valence-electron chi connectivity index (χ0n) is 22.1. The van der Waals surface area contributed by atoms with Gasteiger partial charge in [-0.25, -0.2) is 8.42 Å². The van der Waals surface area contributed by atoms with Crippen molar-refractivity contribution in [3.63, 3.8) is 0 Å². The SMILES string of the molecule is CC[C@H](C)NC(=O)[C@H](C)N(Cc1ccccc1C)C(=O)CN(c1cccc(Br)c1)S(=O)(=O)c1ccccc1. The highest BCUT2D eigenvalue weighted by Gasteiger charge is 2.33. The van der Waals surface area contributed by atoms with Gasteiger partial charge in [-0.1, -0.05) is 71.4 Å². The molecule has 0 saturated carbocycles. The molecule has 0 fully saturated rings. The van der Waals surface area contributed by atoms with E-state index in [1.807, 2.05) is 45.0 Å². The third-order valence-electron chi connectivity index (χ3n) is 6.48.